The number of nitrogens with zero attached hydrogens (tertiary/aromatic N) is 2. The Bertz CT molecular complexity index is 842. The standard InChI is InChI=1S/C20H28N4O3S/c1-13(2)18(16-5-4-12-28-16)22-17(25)7-6-15-14(3)21-20(23-19(15)26)24-8-10-27-11-9-24/h4-5,12-13,18H,6-11H2,1-3H3,(H,22,25)(H,21,23,26)/t18-/m0/s1. The average Bonchev–Trinajstić information content (AvgIpc) is 3.20. The molecule has 0 bridgehead atoms. The molecular weight excluding hydrogens is 376 g/mol. The number of carbonyl (C=O) groups excluding carboxylic acids is 1. The molecule has 7 nitrogen and oxygen atoms in total. The van der Waals surface area contributed by atoms with Crippen molar-refractivity contribution in [2.24, 2.45) is 5.92 Å². The molecule has 1 aliphatic rings. The molecule has 0 saturated carbocycles. The third kappa shape index (κ3) is 4.99. The average molecular weight is 405 g/mol. The highest BCUT2D eigenvalue weighted by molar-refractivity contribution is 7.10. The second-order valence-electron chi connectivity index (χ2n) is 7.36. The number of ether oxygens (including phenoxy) is 1. The molecule has 0 radical (unpaired) electrons. The van der Waals surface area contributed by atoms with Crippen LogP contribution in [0.25, 0.3) is 0 Å². The van der Waals surface area contributed by atoms with E-state index in [9.17, 15) is 9.59 Å². The second-order valence-corrected chi connectivity index (χ2v) is 8.34. The number of hydrogen-bond donors (Lipinski definition) is 2. The van der Waals surface area contributed by atoms with Crippen molar-refractivity contribution in [2.75, 3.05) is 31.2 Å². The van der Waals surface area contributed by atoms with Crippen molar-refractivity contribution in [3.8, 4) is 0 Å². The predicted octanol–water partition coefficient (Wildman–Crippen LogP) is 2.42. The Labute approximate surface area is 169 Å². The number of H-pyrrole nitrogens is 1. The first kappa shape index (κ1) is 20.5. The summed E-state index contributed by atoms with van der Waals surface area (Å²) in [6, 6.07) is 4.03. The van der Waals surface area contributed by atoms with E-state index in [2.05, 4.69) is 29.1 Å². The number of amides is 1. The summed E-state index contributed by atoms with van der Waals surface area (Å²) in [4.78, 5) is 35.6. The van der Waals surface area contributed by atoms with Gasteiger partial charge in [0.15, 0.2) is 0 Å². The quantitative estimate of drug-likeness (QED) is 0.740. The zero-order valence-electron chi connectivity index (χ0n) is 16.7. The molecule has 1 fully saturated rings. The molecule has 0 unspecified atom stereocenters. The minimum Gasteiger partial charge on any atom is -0.378 e. The van der Waals surface area contributed by atoms with Gasteiger partial charge >= 0.3 is 0 Å². The molecule has 28 heavy (non-hydrogen) atoms. The maximum absolute atomic E-state index is 12.5. The molecule has 1 amide bonds. The number of anilines is 1. The molecular formula is C20H28N4O3S. The van der Waals surface area contributed by atoms with Gasteiger partial charge < -0.3 is 15.0 Å². The van der Waals surface area contributed by atoms with Crippen molar-refractivity contribution in [1.82, 2.24) is 15.3 Å². The Morgan fingerprint density at radius 3 is 2.75 bits per heavy atom. The van der Waals surface area contributed by atoms with E-state index in [0.29, 0.717) is 55.8 Å². The molecule has 1 aliphatic heterocycles. The van der Waals surface area contributed by atoms with Crippen molar-refractivity contribution in [1.29, 1.82) is 0 Å². The van der Waals surface area contributed by atoms with E-state index in [4.69, 9.17) is 4.74 Å². The lowest BCUT2D eigenvalue weighted by molar-refractivity contribution is -0.122. The lowest BCUT2D eigenvalue weighted by Gasteiger charge is -2.27. The molecule has 0 aliphatic carbocycles. The number of thiophene rings is 1. The third-order valence-corrected chi connectivity index (χ3v) is 5.91. The van der Waals surface area contributed by atoms with Gasteiger partial charge in [-0.25, -0.2) is 4.98 Å². The highest BCUT2D eigenvalue weighted by atomic mass is 32.1. The van der Waals surface area contributed by atoms with Gasteiger partial charge in [-0.05, 0) is 30.7 Å². The van der Waals surface area contributed by atoms with E-state index in [0.717, 1.165) is 4.88 Å². The SMILES string of the molecule is Cc1nc(N2CCOCC2)[nH]c(=O)c1CCC(=O)N[C@H](c1cccs1)C(C)C. The summed E-state index contributed by atoms with van der Waals surface area (Å²) in [5.74, 6) is 0.821. The molecule has 8 heteroatoms. The fourth-order valence-corrected chi connectivity index (χ4v) is 4.28. The van der Waals surface area contributed by atoms with Crippen LogP contribution in [-0.4, -0.2) is 42.2 Å². The summed E-state index contributed by atoms with van der Waals surface area (Å²) in [6.07, 6.45) is 0.635. The van der Waals surface area contributed by atoms with E-state index in [1.165, 1.54) is 0 Å². The van der Waals surface area contributed by atoms with Gasteiger partial charge in [0.05, 0.1) is 19.3 Å². The smallest absolute Gasteiger partial charge is 0.255 e. The summed E-state index contributed by atoms with van der Waals surface area (Å²) in [7, 11) is 0. The first-order chi connectivity index (χ1) is 13.5. The number of aromatic amines is 1. The van der Waals surface area contributed by atoms with Gasteiger partial charge in [-0.3, -0.25) is 14.6 Å². The zero-order chi connectivity index (χ0) is 20.1. The van der Waals surface area contributed by atoms with Crippen LogP contribution in [0.4, 0.5) is 5.95 Å². The van der Waals surface area contributed by atoms with Gasteiger partial charge in [-0.1, -0.05) is 19.9 Å². The molecule has 3 rings (SSSR count). The Balaban J connectivity index is 1.63. The molecule has 0 spiro atoms. The minimum absolute atomic E-state index is 0.00583. The number of carbonyl (C=O) groups is 1. The predicted molar refractivity (Wildman–Crippen MR) is 111 cm³/mol. The molecule has 152 valence electrons. The number of hydrogen-bond acceptors (Lipinski definition) is 6. The zero-order valence-corrected chi connectivity index (χ0v) is 17.5. The van der Waals surface area contributed by atoms with Gasteiger partial charge in [-0.15, -0.1) is 11.3 Å². The Morgan fingerprint density at radius 2 is 2.14 bits per heavy atom. The molecule has 2 N–H and O–H groups in total. The van der Waals surface area contributed by atoms with Gasteiger partial charge in [0.1, 0.15) is 0 Å². The van der Waals surface area contributed by atoms with Crippen LogP contribution in [0.5, 0.6) is 0 Å². The first-order valence-electron chi connectivity index (χ1n) is 9.71. The lowest BCUT2D eigenvalue weighted by atomic mass is 10.0. The van der Waals surface area contributed by atoms with Crippen LogP contribution in [0.3, 0.4) is 0 Å². The van der Waals surface area contributed by atoms with Crippen LogP contribution < -0.4 is 15.8 Å². The number of aryl methyl sites for hydroxylation is 1. The van der Waals surface area contributed by atoms with Crippen LogP contribution in [-0.2, 0) is 16.0 Å². The monoisotopic (exact) mass is 404 g/mol. The number of aromatic nitrogens is 2. The van der Waals surface area contributed by atoms with E-state index in [1.807, 2.05) is 29.3 Å². The molecule has 1 atom stereocenters. The number of rotatable bonds is 7. The van der Waals surface area contributed by atoms with Gasteiger partial charge in [0, 0.05) is 35.6 Å². The molecule has 3 heterocycles. The third-order valence-electron chi connectivity index (χ3n) is 4.96. The Hall–Kier alpha value is -2.19. The summed E-state index contributed by atoms with van der Waals surface area (Å²) in [5, 5.41) is 5.12. The van der Waals surface area contributed by atoms with Crippen molar-refractivity contribution >= 4 is 23.2 Å². The van der Waals surface area contributed by atoms with Gasteiger partial charge in [-0.2, -0.15) is 0 Å². The summed E-state index contributed by atoms with van der Waals surface area (Å²) >= 11 is 1.64. The summed E-state index contributed by atoms with van der Waals surface area (Å²) < 4.78 is 5.34. The summed E-state index contributed by atoms with van der Waals surface area (Å²) in [6.45, 7) is 8.70. The summed E-state index contributed by atoms with van der Waals surface area (Å²) in [5.41, 5.74) is 1.08. The van der Waals surface area contributed by atoms with Gasteiger partial charge in [0.2, 0.25) is 11.9 Å². The normalized spacial score (nSPS) is 15.6. The van der Waals surface area contributed by atoms with Crippen LogP contribution in [0.15, 0.2) is 22.3 Å². The van der Waals surface area contributed by atoms with Crippen LogP contribution in [0.2, 0.25) is 0 Å². The molecule has 0 aromatic carbocycles. The maximum atomic E-state index is 12.5. The number of morpholine rings is 1. The van der Waals surface area contributed by atoms with Crippen LogP contribution >= 0.6 is 11.3 Å². The van der Waals surface area contributed by atoms with Crippen molar-refractivity contribution < 1.29 is 9.53 Å². The maximum Gasteiger partial charge on any atom is 0.255 e. The van der Waals surface area contributed by atoms with E-state index in [1.54, 1.807) is 11.3 Å². The largest absolute Gasteiger partial charge is 0.378 e. The van der Waals surface area contributed by atoms with E-state index < -0.39 is 0 Å². The fourth-order valence-electron chi connectivity index (χ4n) is 3.33. The molecule has 2 aromatic rings. The molecule has 2 aromatic heterocycles. The topological polar surface area (TPSA) is 87.3 Å². The Morgan fingerprint density at radius 1 is 1.39 bits per heavy atom. The second kappa shape index (κ2) is 9.34. The highest BCUT2D eigenvalue weighted by Crippen LogP contribution is 2.25. The molecule has 1 saturated heterocycles. The highest BCUT2D eigenvalue weighted by Gasteiger charge is 2.20. The van der Waals surface area contributed by atoms with Gasteiger partial charge in [0.25, 0.3) is 5.56 Å². The van der Waals surface area contributed by atoms with E-state index >= 15 is 0 Å². The van der Waals surface area contributed by atoms with Crippen molar-refractivity contribution in [3.63, 3.8) is 0 Å². The fraction of sp³-hybridized carbons (Fsp3) is 0.550. The van der Waals surface area contributed by atoms with Crippen LogP contribution in [0, 0.1) is 12.8 Å². The Kier molecular flexibility index (Phi) is 6.85. The van der Waals surface area contributed by atoms with E-state index in [-0.39, 0.29) is 23.9 Å². The lowest BCUT2D eigenvalue weighted by Crippen LogP contribution is -2.38. The van der Waals surface area contributed by atoms with Crippen LogP contribution in [0.1, 0.15) is 42.4 Å². The first-order valence-corrected chi connectivity index (χ1v) is 10.6. The number of nitrogens with one attached hydrogen (secondary N) is 2. The minimum atomic E-state index is -0.166. The van der Waals surface area contributed by atoms with Crippen molar-refractivity contribution in [2.45, 2.75) is 39.7 Å². The van der Waals surface area contributed by atoms with Crippen molar-refractivity contribution in [3.05, 3.63) is 44.0 Å².